The minimum atomic E-state index is 0.694. The molecule has 0 spiro atoms. The largest absolute Gasteiger partial charge is 0.494 e. The molecule has 3 rings (SSSR count). The highest BCUT2D eigenvalue weighted by atomic mass is 16.5. The molecule has 0 fully saturated rings. The molecule has 0 unspecified atom stereocenters. The fourth-order valence-corrected chi connectivity index (χ4v) is 2.71. The van der Waals surface area contributed by atoms with E-state index < -0.39 is 0 Å². The third kappa shape index (κ3) is 5.43. The van der Waals surface area contributed by atoms with Crippen LogP contribution in [-0.4, -0.2) is 28.1 Å². The van der Waals surface area contributed by atoms with E-state index in [0.717, 1.165) is 42.9 Å². The van der Waals surface area contributed by atoms with Crippen molar-refractivity contribution in [2.45, 2.75) is 26.3 Å². The minimum Gasteiger partial charge on any atom is -0.494 e. The van der Waals surface area contributed by atoms with Crippen molar-refractivity contribution in [2.75, 3.05) is 13.2 Å². The number of nitrogens with one attached hydrogen (secondary N) is 1. The Hall–Kier alpha value is -2.66. The maximum Gasteiger partial charge on any atom is 0.119 e. The summed E-state index contributed by atoms with van der Waals surface area (Å²) in [5.74, 6) is 0.929. The molecule has 0 bridgehead atoms. The van der Waals surface area contributed by atoms with Gasteiger partial charge in [-0.25, -0.2) is 0 Å². The first-order chi connectivity index (χ1) is 12.8. The first-order valence-electron chi connectivity index (χ1n) is 9.07. The van der Waals surface area contributed by atoms with E-state index in [9.17, 15) is 0 Å². The van der Waals surface area contributed by atoms with Crippen molar-refractivity contribution in [1.29, 1.82) is 0 Å². The van der Waals surface area contributed by atoms with Gasteiger partial charge in [0.1, 0.15) is 11.4 Å². The van der Waals surface area contributed by atoms with Crippen LogP contribution in [0.15, 0.2) is 60.8 Å². The van der Waals surface area contributed by atoms with E-state index in [2.05, 4.69) is 34.3 Å². The molecule has 5 nitrogen and oxygen atoms in total. The maximum absolute atomic E-state index is 5.52. The summed E-state index contributed by atoms with van der Waals surface area (Å²) in [5, 5.41) is 11.8. The summed E-state index contributed by atoms with van der Waals surface area (Å²) < 4.78 is 7.42. The summed E-state index contributed by atoms with van der Waals surface area (Å²) in [4.78, 5) is 0. The maximum atomic E-state index is 5.52. The molecule has 0 saturated heterocycles. The Morgan fingerprint density at radius 3 is 2.85 bits per heavy atom. The van der Waals surface area contributed by atoms with Gasteiger partial charge in [0.15, 0.2) is 0 Å². The fourth-order valence-electron chi connectivity index (χ4n) is 2.71. The summed E-state index contributed by atoms with van der Waals surface area (Å²) >= 11 is 0. The molecule has 2 aromatic carbocycles. The van der Waals surface area contributed by atoms with Crippen molar-refractivity contribution in [3.63, 3.8) is 0 Å². The summed E-state index contributed by atoms with van der Waals surface area (Å²) in [6, 6.07) is 18.3. The highest BCUT2D eigenvalue weighted by Crippen LogP contribution is 2.15. The number of aryl methyl sites for hydroxylation is 1. The first-order valence-corrected chi connectivity index (χ1v) is 9.07. The molecule has 0 saturated carbocycles. The summed E-state index contributed by atoms with van der Waals surface area (Å²) in [7, 11) is 0. The summed E-state index contributed by atoms with van der Waals surface area (Å²) in [6.07, 6.45) is 3.87. The van der Waals surface area contributed by atoms with Gasteiger partial charge in [0.25, 0.3) is 0 Å². The molecule has 135 valence electrons. The molecule has 5 heteroatoms. The lowest BCUT2D eigenvalue weighted by molar-refractivity contribution is 0.340. The number of nitrogens with zero attached hydrogens (tertiary/aromatic N) is 3. The van der Waals surface area contributed by atoms with Crippen LogP contribution in [0.25, 0.3) is 11.3 Å². The Morgan fingerprint density at radius 1 is 1.12 bits per heavy atom. The highest BCUT2D eigenvalue weighted by molar-refractivity contribution is 5.57. The summed E-state index contributed by atoms with van der Waals surface area (Å²) in [6.45, 7) is 6.55. The zero-order chi connectivity index (χ0) is 18.0. The standard InChI is InChI=1S/C21H25N4O/c1-2-26-20-11-6-8-18(16-20)12-14-22-13-7-15-25-17-21(23-24-25)19-9-4-3-5-10-19/h3-6,8-11,14,16-17,22H,2,7,12-13,15H2,1H3. The number of benzene rings is 2. The summed E-state index contributed by atoms with van der Waals surface area (Å²) in [5.41, 5.74) is 3.26. The van der Waals surface area contributed by atoms with E-state index in [1.54, 1.807) is 0 Å². The molecule has 0 amide bonds. The van der Waals surface area contributed by atoms with Crippen LogP contribution in [0.1, 0.15) is 18.9 Å². The van der Waals surface area contributed by atoms with Crippen LogP contribution in [-0.2, 0) is 13.0 Å². The monoisotopic (exact) mass is 349 g/mol. The van der Waals surface area contributed by atoms with Crippen LogP contribution in [0.5, 0.6) is 5.75 Å². The van der Waals surface area contributed by atoms with Gasteiger partial charge in [-0.05, 0) is 44.0 Å². The fraction of sp³-hybridized carbons (Fsp3) is 0.286. The molecular weight excluding hydrogens is 324 g/mol. The number of ether oxygens (including phenoxy) is 1. The average molecular weight is 349 g/mol. The molecular formula is C21H25N4O. The van der Waals surface area contributed by atoms with Gasteiger partial charge in [0.2, 0.25) is 0 Å². The predicted octanol–water partition coefficient (Wildman–Crippen LogP) is 3.73. The third-order valence-electron chi connectivity index (χ3n) is 4.01. The van der Waals surface area contributed by atoms with E-state index in [1.165, 1.54) is 5.56 Å². The number of hydrogen-bond donors (Lipinski definition) is 1. The lowest BCUT2D eigenvalue weighted by Gasteiger charge is -2.07. The van der Waals surface area contributed by atoms with E-state index in [0.29, 0.717) is 6.61 Å². The van der Waals surface area contributed by atoms with Crippen LogP contribution >= 0.6 is 0 Å². The molecule has 1 heterocycles. The topological polar surface area (TPSA) is 52.0 Å². The lowest BCUT2D eigenvalue weighted by Crippen LogP contribution is -2.15. The van der Waals surface area contributed by atoms with Gasteiger partial charge in [0.05, 0.1) is 12.8 Å². The molecule has 1 radical (unpaired) electrons. The quantitative estimate of drug-likeness (QED) is 0.567. The van der Waals surface area contributed by atoms with Crippen molar-refractivity contribution in [1.82, 2.24) is 20.3 Å². The number of hydrogen-bond acceptors (Lipinski definition) is 4. The van der Waals surface area contributed by atoms with Crippen molar-refractivity contribution in [3.8, 4) is 17.0 Å². The van der Waals surface area contributed by atoms with Crippen LogP contribution in [0, 0.1) is 6.54 Å². The Balaban J connectivity index is 1.35. The van der Waals surface area contributed by atoms with Gasteiger partial charge in [0, 0.05) is 18.7 Å². The van der Waals surface area contributed by atoms with Crippen LogP contribution in [0.2, 0.25) is 0 Å². The smallest absolute Gasteiger partial charge is 0.119 e. The normalized spacial score (nSPS) is 10.8. The predicted molar refractivity (Wildman–Crippen MR) is 104 cm³/mol. The van der Waals surface area contributed by atoms with Crippen molar-refractivity contribution < 1.29 is 4.74 Å². The third-order valence-corrected chi connectivity index (χ3v) is 4.01. The molecule has 0 atom stereocenters. The van der Waals surface area contributed by atoms with Crippen molar-refractivity contribution in [2.24, 2.45) is 0 Å². The van der Waals surface area contributed by atoms with Gasteiger partial charge in [-0.3, -0.25) is 4.68 Å². The zero-order valence-corrected chi connectivity index (χ0v) is 15.1. The molecule has 26 heavy (non-hydrogen) atoms. The van der Waals surface area contributed by atoms with Crippen molar-refractivity contribution >= 4 is 0 Å². The Bertz CT molecular complexity index is 785. The van der Waals surface area contributed by atoms with E-state index >= 15 is 0 Å². The Labute approximate surface area is 155 Å². The molecule has 0 aliphatic rings. The second kappa shape index (κ2) is 9.73. The lowest BCUT2D eigenvalue weighted by atomic mass is 10.1. The van der Waals surface area contributed by atoms with E-state index in [4.69, 9.17) is 4.74 Å². The van der Waals surface area contributed by atoms with Gasteiger partial charge in [-0.15, -0.1) is 5.10 Å². The molecule has 1 N–H and O–H groups in total. The van der Waals surface area contributed by atoms with Crippen LogP contribution < -0.4 is 10.1 Å². The average Bonchev–Trinajstić information content (AvgIpc) is 3.15. The SMILES string of the molecule is CCOc1cccc(C[CH]NCCCn2cc(-c3ccccc3)nn2)c1. The Kier molecular flexibility index (Phi) is 6.79. The molecule has 3 aromatic rings. The second-order valence-corrected chi connectivity index (χ2v) is 6.03. The minimum absolute atomic E-state index is 0.694. The van der Waals surface area contributed by atoms with Crippen LogP contribution in [0.4, 0.5) is 0 Å². The molecule has 0 aliphatic heterocycles. The van der Waals surface area contributed by atoms with Gasteiger partial charge in [-0.1, -0.05) is 47.7 Å². The zero-order valence-electron chi connectivity index (χ0n) is 15.1. The van der Waals surface area contributed by atoms with Gasteiger partial charge < -0.3 is 10.1 Å². The first kappa shape index (κ1) is 18.1. The highest BCUT2D eigenvalue weighted by Gasteiger charge is 2.03. The van der Waals surface area contributed by atoms with Gasteiger partial charge in [-0.2, -0.15) is 0 Å². The Morgan fingerprint density at radius 2 is 2.00 bits per heavy atom. The van der Waals surface area contributed by atoms with E-state index in [-0.39, 0.29) is 0 Å². The molecule has 1 aromatic heterocycles. The van der Waals surface area contributed by atoms with Gasteiger partial charge >= 0.3 is 0 Å². The number of aromatic nitrogens is 3. The second-order valence-electron chi connectivity index (χ2n) is 6.03. The molecule has 0 aliphatic carbocycles. The van der Waals surface area contributed by atoms with Crippen LogP contribution in [0.3, 0.4) is 0 Å². The van der Waals surface area contributed by atoms with E-state index in [1.807, 2.05) is 60.3 Å². The van der Waals surface area contributed by atoms with Crippen molar-refractivity contribution in [3.05, 3.63) is 72.9 Å². The number of rotatable bonds is 10.